The van der Waals surface area contributed by atoms with Gasteiger partial charge >= 0.3 is 0 Å². The second kappa shape index (κ2) is 8.77. The molecule has 0 unspecified atom stereocenters. The van der Waals surface area contributed by atoms with Crippen molar-refractivity contribution >= 4 is 17.5 Å². The van der Waals surface area contributed by atoms with Crippen LogP contribution in [0.5, 0.6) is 0 Å². The lowest BCUT2D eigenvalue weighted by atomic mass is 10.1. The van der Waals surface area contributed by atoms with E-state index < -0.39 is 0 Å². The first-order chi connectivity index (χ1) is 13.1. The van der Waals surface area contributed by atoms with Crippen LogP contribution in [0.1, 0.15) is 40.4 Å². The van der Waals surface area contributed by atoms with Crippen LogP contribution in [0.15, 0.2) is 42.5 Å². The minimum Gasteiger partial charge on any atom is -0.335 e. The number of carbonyl (C=O) groups excluding carboxylic acids is 2. The highest BCUT2D eigenvalue weighted by Gasteiger charge is 2.23. The van der Waals surface area contributed by atoms with Crippen LogP contribution in [0.4, 0.5) is 5.69 Å². The van der Waals surface area contributed by atoms with Crippen LogP contribution in [0.3, 0.4) is 0 Å². The van der Waals surface area contributed by atoms with Gasteiger partial charge in [0.1, 0.15) is 11.4 Å². The van der Waals surface area contributed by atoms with Crippen molar-refractivity contribution < 1.29 is 9.59 Å². The number of nitrogens with one attached hydrogen (secondary N) is 1. The second-order valence-electron chi connectivity index (χ2n) is 6.64. The molecule has 0 atom stereocenters. The molecule has 1 saturated heterocycles. The largest absolute Gasteiger partial charge is 0.335 e. The molecule has 0 saturated carbocycles. The molecule has 6 heteroatoms. The lowest BCUT2D eigenvalue weighted by Gasteiger charge is -2.33. The summed E-state index contributed by atoms with van der Waals surface area (Å²) in [6.07, 6.45) is 0.951. The molecule has 6 nitrogen and oxygen atoms in total. The van der Waals surface area contributed by atoms with Crippen LogP contribution in [-0.4, -0.2) is 59.3 Å². The molecule has 1 aliphatic heterocycles. The fraction of sp³-hybridized carbons (Fsp3) is 0.381. The number of pyridine rings is 1. The summed E-state index contributed by atoms with van der Waals surface area (Å²) in [4.78, 5) is 33.6. The molecule has 2 aromatic rings. The van der Waals surface area contributed by atoms with Gasteiger partial charge in [0.2, 0.25) is 0 Å². The molecule has 0 spiro atoms. The van der Waals surface area contributed by atoms with Crippen LogP contribution in [0.2, 0.25) is 0 Å². The molecule has 1 fully saturated rings. The zero-order chi connectivity index (χ0) is 19.2. The van der Waals surface area contributed by atoms with E-state index in [1.54, 1.807) is 23.1 Å². The Labute approximate surface area is 160 Å². The number of nitrogens with zero attached hydrogens (tertiary/aromatic N) is 3. The Morgan fingerprint density at radius 3 is 2.26 bits per heavy atom. The van der Waals surface area contributed by atoms with Gasteiger partial charge in [-0.05, 0) is 42.8 Å². The Bertz CT molecular complexity index is 796. The summed E-state index contributed by atoms with van der Waals surface area (Å²) in [5.41, 5.74) is 2.48. The third-order valence-corrected chi connectivity index (χ3v) is 4.93. The number of carbonyl (C=O) groups is 2. The predicted octanol–water partition coefficient (Wildman–Crippen LogP) is 2.67. The summed E-state index contributed by atoms with van der Waals surface area (Å²) in [6.45, 7) is 8.32. The molecule has 1 aliphatic rings. The fourth-order valence-corrected chi connectivity index (χ4v) is 3.13. The number of aryl methyl sites for hydroxylation is 1. The third kappa shape index (κ3) is 4.71. The molecular weight excluding hydrogens is 340 g/mol. The maximum absolute atomic E-state index is 12.7. The molecule has 1 aromatic carbocycles. The summed E-state index contributed by atoms with van der Waals surface area (Å²) in [5, 5.41) is 2.84. The molecule has 0 radical (unpaired) electrons. The molecule has 0 aliphatic carbocycles. The normalized spacial score (nSPS) is 14.8. The van der Waals surface area contributed by atoms with Crippen LogP contribution in [0.25, 0.3) is 0 Å². The quantitative estimate of drug-likeness (QED) is 0.884. The van der Waals surface area contributed by atoms with E-state index in [-0.39, 0.29) is 17.5 Å². The third-order valence-electron chi connectivity index (χ3n) is 4.93. The van der Waals surface area contributed by atoms with Gasteiger partial charge in [0, 0.05) is 31.9 Å². The second-order valence-corrected chi connectivity index (χ2v) is 6.64. The Balaban J connectivity index is 1.67. The van der Waals surface area contributed by atoms with Gasteiger partial charge in [-0.3, -0.25) is 9.59 Å². The first kappa shape index (κ1) is 19.0. The summed E-state index contributed by atoms with van der Waals surface area (Å²) >= 11 is 0. The van der Waals surface area contributed by atoms with Gasteiger partial charge in [-0.2, -0.15) is 0 Å². The maximum atomic E-state index is 12.7. The van der Waals surface area contributed by atoms with Crippen molar-refractivity contribution in [1.29, 1.82) is 0 Å². The molecule has 0 bridgehead atoms. The molecule has 1 N–H and O–H groups in total. The monoisotopic (exact) mass is 366 g/mol. The first-order valence-corrected chi connectivity index (χ1v) is 9.49. The van der Waals surface area contributed by atoms with E-state index in [0.717, 1.165) is 26.1 Å². The molecule has 2 heterocycles. The molecular formula is C21H26N4O2. The Morgan fingerprint density at radius 1 is 0.963 bits per heavy atom. The highest BCUT2D eigenvalue weighted by molar-refractivity contribution is 6.03. The van der Waals surface area contributed by atoms with E-state index in [2.05, 4.69) is 29.0 Å². The van der Waals surface area contributed by atoms with Crippen LogP contribution in [0, 0.1) is 0 Å². The van der Waals surface area contributed by atoms with E-state index in [9.17, 15) is 9.59 Å². The van der Waals surface area contributed by atoms with Crippen molar-refractivity contribution in [3.63, 3.8) is 0 Å². The summed E-state index contributed by atoms with van der Waals surface area (Å²) in [7, 11) is 0. The average molecular weight is 366 g/mol. The van der Waals surface area contributed by atoms with Crippen LogP contribution < -0.4 is 5.32 Å². The molecule has 1 aromatic heterocycles. The number of amides is 2. The van der Waals surface area contributed by atoms with Gasteiger partial charge in [-0.15, -0.1) is 0 Å². The number of anilines is 1. The van der Waals surface area contributed by atoms with Gasteiger partial charge in [-0.1, -0.05) is 32.0 Å². The zero-order valence-electron chi connectivity index (χ0n) is 15.9. The van der Waals surface area contributed by atoms with Gasteiger partial charge in [0.25, 0.3) is 11.8 Å². The van der Waals surface area contributed by atoms with E-state index in [1.165, 1.54) is 5.56 Å². The molecule has 142 valence electrons. The number of piperazine rings is 1. The smallest absolute Gasteiger partial charge is 0.274 e. The van der Waals surface area contributed by atoms with Crippen molar-refractivity contribution in [1.82, 2.24) is 14.8 Å². The van der Waals surface area contributed by atoms with E-state index in [0.29, 0.717) is 24.5 Å². The van der Waals surface area contributed by atoms with Gasteiger partial charge in [0.05, 0.1) is 0 Å². The van der Waals surface area contributed by atoms with Gasteiger partial charge in [-0.25, -0.2) is 4.98 Å². The van der Waals surface area contributed by atoms with Crippen molar-refractivity contribution in [3.8, 4) is 0 Å². The lowest BCUT2D eigenvalue weighted by molar-refractivity contribution is 0.0637. The minimum atomic E-state index is -0.315. The maximum Gasteiger partial charge on any atom is 0.274 e. The fourth-order valence-electron chi connectivity index (χ4n) is 3.13. The SMILES string of the molecule is CCc1ccc(NC(=O)c2cccc(C(=O)N3CCN(CC)CC3)n2)cc1. The van der Waals surface area contributed by atoms with E-state index in [4.69, 9.17) is 0 Å². The van der Waals surface area contributed by atoms with Crippen molar-refractivity contribution in [2.24, 2.45) is 0 Å². The number of likely N-dealkylation sites (N-methyl/N-ethyl adjacent to an activating group) is 1. The zero-order valence-corrected chi connectivity index (χ0v) is 15.9. The minimum absolute atomic E-state index is 0.118. The number of aromatic nitrogens is 1. The number of rotatable bonds is 5. The Hall–Kier alpha value is -2.73. The Morgan fingerprint density at radius 2 is 1.63 bits per heavy atom. The first-order valence-electron chi connectivity index (χ1n) is 9.49. The van der Waals surface area contributed by atoms with Crippen LogP contribution in [-0.2, 0) is 6.42 Å². The van der Waals surface area contributed by atoms with E-state index >= 15 is 0 Å². The van der Waals surface area contributed by atoms with Crippen LogP contribution >= 0.6 is 0 Å². The van der Waals surface area contributed by atoms with E-state index in [1.807, 2.05) is 24.3 Å². The molecule has 2 amide bonds. The van der Waals surface area contributed by atoms with Gasteiger partial charge in [0.15, 0.2) is 0 Å². The van der Waals surface area contributed by atoms with Crippen molar-refractivity contribution in [2.75, 3.05) is 38.0 Å². The molecule has 3 rings (SSSR count). The summed E-state index contributed by atoms with van der Waals surface area (Å²) in [5.74, 6) is -0.433. The number of benzene rings is 1. The lowest BCUT2D eigenvalue weighted by Crippen LogP contribution is -2.48. The van der Waals surface area contributed by atoms with Crippen molar-refractivity contribution in [3.05, 3.63) is 59.4 Å². The predicted molar refractivity (Wildman–Crippen MR) is 106 cm³/mol. The standard InChI is InChI=1S/C21H26N4O2/c1-3-16-8-10-17(11-9-16)22-20(26)18-6-5-7-19(23-18)21(27)25-14-12-24(4-2)13-15-25/h5-11H,3-4,12-15H2,1-2H3,(H,22,26). The number of hydrogen-bond acceptors (Lipinski definition) is 4. The topological polar surface area (TPSA) is 65.5 Å². The highest BCUT2D eigenvalue weighted by atomic mass is 16.2. The highest BCUT2D eigenvalue weighted by Crippen LogP contribution is 2.12. The average Bonchev–Trinajstić information content (AvgIpc) is 2.74. The summed E-state index contributed by atoms with van der Waals surface area (Å²) < 4.78 is 0. The van der Waals surface area contributed by atoms with Gasteiger partial charge < -0.3 is 15.1 Å². The summed E-state index contributed by atoms with van der Waals surface area (Å²) in [6, 6.07) is 12.7. The Kier molecular flexibility index (Phi) is 6.19. The molecule has 27 heavy (non-hydrogen) atoms. The number of hydrogen-bond donors (Lipinski definition) is 1. The van der Waals surface area contributed by atoms with Crippen molar-refractivity contribution in [2.45, 2.75) is 20.3 Å².